The quantitative estimate of drug-likeness (QED) is 0.554. The third-order valence-corrected chi connectivity index (χ3v) is 7.30. The van der Waals surface area contributed by atoms with Gasteiger partial charge in [-0.3, -0.25) is 9.10 Å². The average Bonchev–Trinajstić information content (AvgIpc) is 2.78. The van der Waals surface area contributed by atoms with Crippen LogP contribution in [-0.2, 0) is 15.4 Å². The Morgan fingerprint density at radius 2 is 1.44 bits per heavy atom. The van der Waals surface area contributed by atoms with Crippen molar-refractivity contribution in [2.45, 2.75) is 44.0 Å². The lowest BCUT2D eigenvalue weighted by Crippen LogP contribution is -2.31. The monoisotopic (exact) mass is 450 g/mol. The SMILES string of the molecule is C[C@H](NC(=O)c1ccccc1N(C)S(=O)(=O)c1ccccc1)c1ccc(C(C)(C)C)cc1. The number of carbonyl (C=O) groups excluding carboxylic acids is 1. The summed E-state index contributed by atoms with van der Waals surface area (Å²) in [5, 5.41) is 3.00. The molecule has 0 radical (unpaired) electrons. The Morgan fingerprint density at radius 1 is 0.875 bits per heavy atom. The van der Waals surface area contributed by atoms with Crippen LogP contribution in [0.2, 0.25) is 0 Å². The van der Waals surface area contributed by atoms with Crippen LogP contribution in [0.5, 0.6) is 0 Å². The summed E-state index contributed by atoms with van der Waals surface area (Å²) in [6.45, 7) is 8.38. The summed E-state index contributed by atoms with van der Waals surface area (Å²) in [5.41, 5.74) is 2.88. The van der Waals surface area contributed by atoms with Crippen molar-refractivity contribution in [1.29, 1.82) is 0 Å². The van der Waals surface area contributed by atoms with Crippen molar-refractivity contribution in [2.24, 2.45) is 0 Å². The second kappa shape index (κ2) is 9.17. The number of para-hydroxylation sites is 1. The van der Waals surface area contributed by atoms with Gasteiger partial charge in [-0.15, -0.1) is 0 Å². The molecule has 0 aliphatic heterocycles. The first-order valence-electron chi connectivity index (χ1n) is 10.6. The number of hydrogen-bond acceptors (Lipinski definition) is 3. The molecule has 0 bridgehead atoms. The average molecular weight is 451 g/mol. The molecule has 168 valence electrons. The van der Waals surface area contributed by atoms with Gasteiger partial charge in [0.05, 0.1) is 22.2 Å². The lowest BCUT2D eigenvalue weighted by Gasteiger charge is -2.23. The topological polar surface area (TPSA) is 66.5 Å². The van der Waals surface area contributed by atoms with Crippen LogP contribution in [0, 0.1) is 0 Å². The lowest BCUT2D eigenvalue weighted by molar-refractivity contribution is 0.0940. The van der Waals surface area contributed by atoms with Gasteiger partial charge in [-0.05, 0) is 47.7 Å². The fourth-order valence-corrected chi connectivity index (χ4v) is 4.69. The van der Waals surface area contributed by atoms with Gasteiger partial charge >= 0.3 is 0 Å². The van der Waals surface area contributed by atoms with E-state index in [1.807, 2.05) is 19.1 Å². The number of anilines is 1. The Bertz CT molecular complexity index is 1180. The molecule has 0 fully saturated rings. The molecule has 0 aliphatic rings. The Kier molecular flexibility index (Phi) is 6.74. The highest BCUT2D eigenvalue weighted by atomic mass is 32.2. The van der Waals surface area contributed by atoms with Crippen LogP contribution in [0.1, 0.15) is 55.2 Å². The van der Waals surface area contributed by atoms with Gasteiger partial charge in [0.1, 0.15) is 0 Å². The molecule has 5 nitrogen and oxygen atoms in total. The van der Waals surface area contributed by atoms with Crippen LogP contribution in [0.4, 0.5) is 5.69 Å². The summed E-state index contributed by atoms with van der Waals surface area (Å²) in [5.74, 6) is -0.330. The van der Waals surface area contributed by atoms with Gasteiger partial charge in [0.2, 0.25) is 0 Å². The van der Waals surface area contributed by atoms with Crippen molar-refractivity contribution >= 4 is 21.6 Å². The van der Waals surface area contributed by atoms with Crippen LogP contribution in [-0.4, -0.2) is 21.4 Å². The maximum Gasteiger partial charge on any atom is 0.264 e. The van der Waals surface area contributed by atoms with Gasteiger partial charge in [-0.1, -0.05) is 75.4 Å². The van der Waals surface area contributed by atoms with E-state index in [2.05, 4.69) is 38.2 Å². The highest BCUT2D eigenvalue weighted by molar-refractivity contribution is 7.92. The summed E-state index contributed by atoms with van der Waals surface area (Å²) in [6.07, 6.45) is 0. The van der Waals surface area contributed by atoms with E-state index in [-0.39, 0.29) is 22.3 Å². The van der Waals surface area contributed by atoms with Crippen molar-refractivity contribution in [3.63, 3.8) is 0 Å². The van der Waals surface area contributed by atoms with E-state index in [1.54, 1.807) is 42.5 Å². The molecular formula is C26H30N2O3S. The molecule has 0 saturated carbocycles. The zero-order chi connectivity index (χ0) is 23.5. The van der Waals surface area contributed by atoms with E-state index in [1.165, 1.54) is 24.7 Å². The number of sulfonamides is 1. The van der Waals surface area contributed by atoms with Crippen LogP contribution in [0.25, 0.3) is 0 Å². The largest absolute Gasteiger partial charge is 0.345 e. The van der Waals surface area contributed by atoms with Gasteiger partial charge in [-0.2, -0.15) is 0 Å². The normalized spacial score (nSPS) is 12.8. The molecule has 0 saturated heterocycles. The van der Waals surface area contributed by atoms with Gasteiger partial charge in [0, 0.05) is 7.05 Å². The van der Waals surface area contributed by atoms with Crippen LogP contribution < -0.4 is 9.62 Å². The van der Waals surface area contributed by atoms with Crippen LogP contribution in [0.3, 0.4) is 0 Å². The van der Waals surface area contributed by atoms with E-state index in [0.717, 1.165) is 9.87 Å². The van der Waals surface area contributed by atoms with Gasteiger partial charge < -0.3 is 5.32 Å². The minimum Gasteiger partial charge on any atom is -0.345 e. The molecule has 0 spiro atoms. The number of hydrogen-bond donors (Lipinski definition) is 1. The second-order valence-electron chi connectivity index (χ2n) is 8.87. The molecule has 6 heteroatoms. The number of carbonyl (C=O) groups is 1. The first-order chi connectivity index (χ1) is 15.0. The third kappa shape index (κ3) is 5.02. The van der Waals surface area contributed by atoms with Gasteiger partial charge in [0.15, 0.2) is 0 Å². The van der Waals surface area contributed by atoms with Gasteiger partial charge in [-0.25, -0.2) is 8.42 Å². The summed E-state index contributed by atoms with van der Waals surface area (Å²) < 4.78 is 27.3. The molecule has 3 aromatic carbocycles. The van der Waals surface area contributed by atoms with Crippen molar-refractivity contribution in [1.82, 2.24) is 5.32 Å². The number of nitrogens with one attached hydrogen (secondary N) is 1. The summed E-state index contributed by atoms with van der Waals surface area (Å²) in [6, 6.07) is 22.9. The van der Waals surface area contributed by atoms with Crippen molar-refractivity contribution < 1.29 is 13.2 Å². The Hall–Kier alpha value is -3.12. The van der Waals surface area contributed by atoms with Crippen molar-refractivity contribution in [2.75, 3.05) is 11.4 Å². The predicted octanol–water partition coefficient (Wildman–Crippen LogP) is 5.30. The maximum atomic E-state index is 13.1. The van der Waals surface area contributed by atoms with Crippen LogP contribution in [0.15, 0.2) is 83.8 Å². The van der Waals surface area contributed by atoms with E-state index < -0.39 is 10.0 Å². The Balaban J connectivity index is 1.84. The Morgan fingerprint density at radius 3 is 2.03 bits per heavy atom. The van der Waals surface area contributed by atoms with E-state index in [0.29, 0.717) is 11.3 Å². The molecule has 3 aromatic rings. The lowest BCUT2D eigenvalue weighted by atomic mass is 9.86. The molecule has 32 heavy (non-hydrogen) atoms. The Labute approximate surface area is 191 Å². The second-order valence-corrected chi connectivity index (χ2v) is 10.8. The molecule has 1 N–H and O–H groups in total. The highest BCUT2D eigenvalue weighted by Crippen LogP contribution is 2.27. The van der Waals surface area contributed by atoms with E-state index >= 15 is 0 Å². The van der Waals surface area contributed by atoms with Gasteiger partial charge in [0.25, 0.3) is 15.9 Å². The molecule has 0 unspecified atom stereocenters. The molecule has 0 aliphatic carbocycles. The zero-order valence-corrected chi connectivity index (χ0v) is 20.0. The van der Waals surface area contributed by atoms with Crippen molar-refractivity contribution in [3.05, 3.63) is 95.6 Å². The molecular weight excluding hydrogens is 420 g/mol. The predicted molar refractivity (Wildman–Crippen MR) is 129 cm³/mol. The highest BCUT2D eigenvalue weighted by Gasteiger charge is 2.25. The number of benzene rings is 3. The van der Waals surface area contributed by atoms with Crippen LogP contribution >= 0.6 is 0 Å². The summed E-state index contributed by atoms with van der Waals surface area (Å²) in [7, 11) is -2.33. The molecule has 0 aromatic heterocycles. The zero-order valence-electron chi connectivity index (χ0n) is 19.2. The number of rotatable bonds is 6. The number of amides is 1. The molecule has 1 amide bonds. The smallest absolute Gasteiger partial charge is 0.264 e. The van der Waals surface area contributed by atoms with E-state index in [4.69, 9.17) is 0 Å². The minimum absolute atomic E-state index is 0.0544. The number of nitrogens with zero attached hydrogens (tertiary/aromatic N) is 1. The fraction of sp³-hybridized carbons (Fsp3) is 0.269. The minimum atomic E-state index is -3.79. The third-order valence-electron chi connectivity index (χ3n) is 5.51. The summed E-state index contributed by atoms with van der Waals surface area (Å²) >= 11 is 0. The van der Waals surface area contributed by atoms with E-state index in [9.17, 15) is 13.2 Å². The molecule has 1 atom stereocenters. The summed E-state index contributed by atoms with van der Waals surface area (Å²) in [4.78, 5) is 13.3. The molecule has 0 heterocycles. The maximum absolute atomic E-state index is 13.1. The first kappa shape index (κ1) is 23.5. The molecule has 3 rings (SSSR count). The standard InChI is InChI=1S/C26H30N2O3S/c1-19(20-15-17-21(18-16-20)26(2,3)4)27-25(29)23-13-9-10-14-24(23)28(5)32(30,31)22-11-7-6-8-12-22/h6-19H,1-5H3,(H,27,29)/t19-/m0/s1. The first-order valence-corrected chi connectivity index (χ1v) is 12.0. The fourth-order valence-electron chi connectivity index (χ4n) is 3.45. The van der Waals surface area contributed by atoms with Crippen molar-refractivity contribution in [3.8, 4) is 0 Å².